The van der Waals surface area contributed by atoms with Gasteiger partial charge in [-0.05, 0) is 25.5 Å². The maximum atomic E-state index is 12.1. The number of rotatable bonds is 3. The van der Waals surface area contributed by atoms with E-state index in [4.69, 9.17) is 0 Å². The summed E-state index contributed by atoms with van der Waals surface area (Å²) in [7, 11) is 0. The van der Waals surface area contributed by atoms with Crippen LogP contribution >= 0.6 is 0 Å². The van der Waals surface area contributed by atoms with Gasteiger partial charge in [-0.2, -0.15) is 0 Å². The van der Waals surface area contributed by atoms with Crippen LogP contribution in [0, 0.1) is 6.92 Å². The molecule has 1 aromatic rings. The van der Waals surface area contributed by atoms with Crippen molar-refractivity contribution in [1.29, 1.82) is 0 Å². The number of pyridine rings is 1. The molecule has 5 heteroatoms. The summed E-state index contributed by atoms with van der Waals surface area (Å²) in [5.74, 6) is -0.130. The van der Waals surface area contributed by atoms with Crippen LogP contribution in [0.4, 0.5) is 0 Å². The monoisotopic (exact) mass is 247 g/mol. The lowest BCUT2D eigenvalue weighted by Crippen LogP contribution is -2.57. The lowest BCUT2D eigenvalue weighted by Gasteiger charge is -2.31. The topological polar surface area (TPSA) is 62.3 Å². The summed E-state index contributed by atoms with van der Waals surface area (Å²) < 4.78 is 0. The number of hydrogen-bond acceptors (Lipinski definition) is 3. The molecule has 1 saturated heterocycles. The molecule has 2 heterocycles. The van der Waals surface area contributed by atoms with E-state index in [-0.39, 0.29) is 18.4 Å². The molecule has 1 aromatic heterocycles. The molecule has 1 unspecified atom stereocenters. The number of nitrogens with one attached hydrogen (secondary N) is 1. The minimum absolute atomic E-state index is 0.0274. The van der Waals surface area contributed by atoms with Crippen molar-refractivity contribution in [2.45, 2.75) is 32.9 Å². The lowest BCUT2D eigenvalue weighted by molar-refractivity contribution is -0.145. The molecule has 2 amide bonds. The molecule has 0 spiro atoms. The molecule has 5 nitrogen and oxygen atoms in total. The van der Waals surface area contributed by atoms with Crippen molar-refractivity contribution in [2.24, 2.45) is 0 Å². The Kier molecular flexibility index (Phi) is 3.60. The third kappa shape index (κ3) is 2.67. The van der Waals surface area contributed by atoms with Gasteiger partial charge in [-0.1, -0.05) is 13.0 Å². The molecule has 1 fully saturated rings. The number of amides is 2. The molecule has 0 aliphatic carbocycles. The molecule has 1 N–H and O–H groups in total. The fraction of sp³-hybridized carbons (Fsp3) is 0.462. The van der Waals surface area contributed by atoms with Crippen molar-refractivity contribution in [3.8, 4) is 0 Å². The first-order valence-electron chi connectivity index (χ1n) is 6.11. The van der Waals surface area contributed by atoms with Gasteiger partial charge in [0.1, 0.15) is 12.6 Å². The molecular formula is C13H17N3O2. The van der Waals surface area contributed by atoms with Crippen molar-refractivity contribution >= 4 is 11.8 Å². The van der Waals surface area contributed by atoms with Crippen molar-refractivity contribution in [3.63, 3.8) is 0 Å². The fourth-order valence-electron chi connectivity index (χ4n) is 2.07. The zero-order valence-corrected chi connectivity index (χ0v) is 10.6. The minimum Gasteiger partial charge on any atom is -0.343 e. The Bertz CT molecular complexity index is 473. The molecule has 0 saturated carbocycles. The Labute approximate surface area is 106 Å². The van der Waals surface area contributed by atoms with Gasteiger partial charge < -0.3 is 10.2 Å². The number of aryl methyl sites for hydroxylation is 1. The molecule has 0 radical (unpaired) electrons. The predicted octanol–water partition coefficient (Wildman–Crippen LogP) is 0.627. The van der Waals surface area contributed by atoms with Gasteiger partial charge in [-0.25, -0.2) is 0 Å². The van der Waals surface area contributed by atoms with E-state index in [1.807, 2.05) is 32.0 Å². The maximum Gasteiger partial charge on any atom is 0.245 e. The number of aromatic nitrogens is 1. The average molecular weight is 247 g/mol. The molecule has 1 atom stereocenters. The van der Waals surface area contributed by atoms with Gasteiger partial charge in [0.15, 0.2) is 0 Å². The van der Waals surface area contributed by atoms with Crippen molar-refractivity contribution in [2.75, 3.05) is 6.54 Å². The van der Waals surface area contributed by atoms with Gasteiger partial charge in [0.25, 0.3) is 0 Å². The zero-order chi connectivity index (χ0) is 13.1. The van der Waals surface area contributed by atoms with Gasteiger partial charge in [0.2, 0.25) is 11.8 Å². The summed E-state index contributed by atoms with van der Waals surface area (Å²) >= 11 is 0. The standard InChI is InChI=1S/C13H17N3O2/c1-3-11-13(18)16(8-12(17)15-11)7-10-6-4-5-9(2)14-10/h4-6,11H,3,7-8H2,1-2H3,(H,15,17). The molecule has 2 rings (SSSR count). The summed E-state index contributed by atoms with van der Waals surface area (Å²) in [6.45, 7) is 4.30. The lowest BCUT2D eigenvalue weighted by atomic mass is 10.1. The maximum absolute atomic E-state index is 12.1. The van der Waals surface area contributed by atoms with Gasteiger partial charge in [0.05, 0.1) is 12.2 Å². The Hall–Kier alpha value is -1.91. The first kappa shape index (κ1) is 12.5. The SMILES string of the molecule is CCC1NC(=O)CN(Cc2cccc(C)n2)C1=O. The van der Waals surface area contributed by atoms with Crippen molar-refractivity contribution in [3.05, 3.63) is 29.6 Å². The predicted molar refractivity (Wildman–Crippen MR) is 66.6 cm³/mol. The van der Waals surface area contributed by atoms with E-state index in [0.29, 0.717) is 13.0 Å². The van der Waals surface area contributed by atoms with Crippen LogP contribution in [-0.4, -0.2) is 34.3 Å². The summed E-state index contributed by atoms with van der Waals surface area (Å²) in [5.41, 5.74) is 1.72. The van der Waals surface area contributed by atoms with Crippen LogP contribution in [0.2, 0.25) is 0 Å². The van der Waals surface area contributed by atoms with Crippen LogP contribution in [0.5, 0.6) is 0 Å². The third-order valence-corrected chi connectivity index (χ3v) is 2.99. The second-order valence-electron chi connectivity index (χ2n) is 4.49. The molecule has 96 valence electrons. The largest absolute Gasteiger partial charge is 0.343 e. The van der Waals surface area contributed by atoms with Crippen LogP contribution in [0.15, 0.2) is 18.2 Å². The van der Waals surface area contributed by atoms with Gasteiger partial charge >= 0.3 is 0 Å². The summed E-state index contributed by atoms with van der Waals surface area (Å²) in [5, 5.41) is 2.69. The van der Waals surface area contributed by atoms with Crippen LogP contribution < -0.4 is 5.32 Å². The highest BCUT2D eigenvalue weighted by molar-refractivity contribution is 5.94. The Morgan fingerprint density at radius 3 is 2.89 bits per heavy atom. The summed E-state index contributed by atoms with van der Waals surface area (Å²) in [6.07, 6.45) is 0.613. The molecule has 18 heavy (non-hydrogen) atoms. The van der Waals surface area contributed by atoms with E-state index in [1.165, 1.54) is 0 Å². The third-order valence-electron chi connectivity index (χ3n) is 2.99. The number of carbonyl (C=O) groups is 2. The van der Waals surface area contributed by atoms with E-state index >= 15 is 0 Å². The minimum atomic E-state index is -0.393. The van der Waals surface area contributed by atoms with E-state index in [1.54, 1.807) is 4.90 Å². The first-order valence-corrected chi connectivity index (χ1v) is 6.11. The van der Waals surface area contributed by atoms with E-state index in [9.17, 15) is 9.59 Å². The highest BCUT2D eigenvalue weighted by Gasteiger charge is 2.31. The van der Waals surface area contributed by atoms with Crippen molar-refractivity contribution < 1.29 is 9.59 Å². The van der Waals surface area contributed by atoms with Crippen LogP contribution in [0.1, 0.15) is 24.7 Å². The molecular weight excluding hydrogens is 230 g/mol. The highest BCUT2D eigenvalue weighted by atomic mass is 16.2. The second kappa shape index (κ2) is 5.16. The molecule has 0 aromatic carbocycles. The van der Waals surface area contributed by atoms with Gasteiger partial charge in [-0.3, -0.25) is 14.6 Å². The first-order chi connectivity index (χ1) is 8.60. The average Bonchev–Trinajstić information content (AvgIpc) is 2.33. The molecule has 1 aliphatic rings. The normalized spacial score (nSPS) is 19.9. The highest BCUT2D eigenvalue weighted by Crippen LogP contribution is 2.10. The zero-order valence-electron chi connectivity index (χ0n) is 10.6. The van der Waals surface area contributed by atoms with E-state index in [0.717, 1.165) is 11.4 Å². The van der Waals surface area contributed by atoms with Gasteiger partial charge in [0, 0.05) is 5.69 Å². The smallest absolute Gasteiger partial charge is 0.245 e. The Morgan fingerprint density at radius 1 is 1.44 bits per heavy atom. The number of nitrogens with zero attached hydrogens (tertiary/aromatic N) is 2. The number of piperazine rings is 1. The number of hydrogen-bond donors (Lipinski definition) is 1. The molecule has 0 bridgehead atoms. The molecule has 1 aliphatic heterocycles. The van der Waals surface area contributed by atoms with Crippen molar-refractivity contribution in [1.82, 2.24) is 15.2 Å². The Balaban J connectivity index is 2.12. The van der Waals surface area contributed by atoms with E-state index in [2.05, 4.69) is 10.3 Å². The summed E-state index contributed by atoms with van der Waals surface area (Å²) in [6, 6.07) is 5.29. The van der Waals surface area contributed by atoms with Crippen LogP contribution in [0.25, 0.3) is 0 Å². The van der Waals surface area contributed by atoms with E-state index < -0.39 is 6.04 Å². The van der Waals surface area contributed by atoms with Crippen LogP contribution in [-0.2, 0) is 16.1 Å². The quantitative estimate of drug-likeness (QED) is 0.852. The van der Waals surface area contributed by atoms with Gasteiger partial charge in [-0.15, -0.1) is 0 Å². The number of carbonyl (C=O) groups excluding carboxylic acids is 2. The fourth-order valence-corrected chi connectivity index (χ4v) is 2.07. The summed E-state index contributed by atoms with van der Waals surface area (Å²) in [4.78, 5) is 29.5. The van der Waals surface area contributed by atoms with Crippen LogP contribution in [0.3, 0.4) is 0 Å². The second-order valence-corrected chi connectivity index (χ2v) is 4.49. The Morgan fingerprint density at radius 2 is 2.22 bits per heavy atom.